The summed E-state index contributed by atoms with van der Waals surface area (Å²) < 4.78 is 17.9. The number of anilines is 1. The minimum absolute atomic E-state index is 0.00845. The van der Waals surface area contributed by atoms with Crippen molar-refractivity contribution in [3.63, 3.8) is 0 Å². The first-order valence-electron chi connectivity index (χ1n) is 34.7. The molecule has 3 aromatic rings. The summed E-state index contributed by atoms with van der Waals surface area (Å²) in [5.74, 6) is -5.56. The molecule has 0 saturated carbocycles. The molecule has 31 heteroatoms. The Kier molecular flexibility index (Phi) is 35.2. The second-order valence-corrected chi connectivity index (χ2v) is 28.6. The second kappa shape index (κ2) is 42.7. The molecular weight excluding hydrogens is 1370 g/mol. The predicted molar refractivity (Wildman–Crippen MR) is 392 cm³/mol. The number of thioether (sulfide) groups is 1. The van der Waals surface area contributed by atoms with E-state index >= 15 is 0 Å². The van der Waals surface area contributed by atoms with E-state index in [4.69, 9.17) is 19.9 Å². The van der Waals surface area contributed by atoms with E-state index in [2.05, 4.69) is 50.0 Å². The number of primary amides is 1. The van der Waals surface area contributed by atoms with Crippen molar-refractivity contribution in [2.45, 2.75) is 161 Å². The van der Waals surface area contributed by atoms with Gasteiger partial charge in [0.25, 0.3) is 0 Å². The number of carbonyl (C=O) groups is 12. The Morgan fingerprint density at radius 3 is 2.02 bits per heavy atom. The molecule has 2 saturated heterocycles. The summed E-state index contributed by atoms with van der Waals surface area (Å²) in [5.41, 5.74) is 7.13. The molecule has 566 valence electrons. The summed E-state index contributed by atoms with van der Waals surface area (Å²) in [4.78, 5) is 173. The van der Waals surface area contributed by atoms with E-state index in [0.717, 1.165) is 39.4 Å². The number of nitrogens with one attached hydrogen (secondary N) is 6. The van der Waals surface area contributed by atoms with Gasteiger partial charge in [0.05, 0.1) is 68.4 Å². The summed E-state index contributed by atoms with van der Waals surface area (Å²) in [7, 11) is 6.33. The fraction of sp³-hybridized carbons (Fsp3) is 0.569. The number of urea groups is 1. The average molecular weight is 1470 g/mol. The fourth-order valence-corrected chi connectivity index (χ4v) is 14.2. The van der Waals surface area contributed by atoms with Crippen LogP contribution in [0.5, 0.6) is 0 Å². The standard InChI is InChI=1S/C72H106N14O15S2/c1-14-47(8)64(56(99-12)37-61(92)86-33-21-25-55(86)65(100-13)48(9)66(93)79-54(70-74-32-35-103-70)36-49-22-18-17-19-23-49)81(10)38-52(39-87)77-69(96)63(46(6)7)82(11)72(98)101-40-50-26-28-51(29-27-50)76-67(94)53(24-20-31-75-71(73)97)78-68(95)62(45(4)5)80-57(88)41-102-34-30-60(91)85-43-83(58(89)15-2)42-84(44-85)59(90)16-3/h15-19,22-23,26-29,32,35,39,45-48,52-56,62-65H,2-3,14,20-21,24-25,30-31,33-34,36-38,40-44H2,1,4-13H3,(H,76,94)(H,77,96)(H,78,95)(H,79,93)(H,80,88)(H3,73,75,97)/t47-,48+,52?,53-,54-,55-,56+,62-,63-,64-,65+/m0/s1. The number of likely N-dealkylation sites (N-methyl/N-ethyl adjacent to an activating group) is 2. The lowest BCUT2D eigenvalue weighted by atomic mass is 9.90. The number of hydrogen-bond donors (Lipinski definition) is 7. The first-order valence-corrected chi connectivity index (χ1v) is 36.8. The van der Waals surface area contributed by atoms with Gasteiger partial charge in [-0.2, -0.15) is 11.8 Å². The van der Waals surface area contributed by atoms with E-state index in [9.17, 15) is 57.5 Å². The van der Waals surface area contributed by atoms with Gasteiger partial charge in [0.2, 0.25) is 53.2 Å². The molecule has 2 aliphatic rings. The monoisotopic (exact) mass is 1470 g/mol. The predicted octanol–water partition coefficient (Wildman–Crippen LogP) is 4.79. The Labute approximate surface area is 612 Å². The second-order valence-electron chi connectivity index (χ2n) is 26.6. The number of thiazole rings is 1. The molecule has 29 nitrogen and oxygen atoms in total. The molecule has 0 aliphatic carbocycles. The van der Waals surface area contributed by atoms with Crippen molar-refractivity contribution >= 4 is 100 Å². The third-order valence-electron chi connectivity index (χ3n) is 18.4. The number of benzene rings is 2. The maximum absolute atomic E-state index is 14.6. The quantitative estimate of drug-likeness (QED) is 0.0228. The lowest BCUT2D eigenvalue weighted by Crippen LogP contribution is -2.59. The number of aromatic nitrogens is 1. The molecule has 1 aromatic heterocycles. The molecule has 2 aromatic carbocycles. The van der Waals surface area contributed by atoms with Gasteiger partial charge in [-0.1, -0.05) is 111 Å². The highest BCUT2D eigenvalue weighted by atomic mass is 32.2. The lowest BCUT2D eigenvalue weighted by Gasteiger charge is -2.41. The van der Waals surface area contributed by atoms with Crippen LogP contribution in [0.1, 0.15) is 116 Å². The molecule has 1 unspecified atom stereocenters. The fourth-order valence-electron chi connectivity index (χ4n) is 12.8. The Balaban J connectivity index is 1.14. The number of amides is 12. The molecule has 0 spiro atoms. The van der Waals surface area contributed by atoms with Crippen molar-refractivity contribution in [1.29, 1.82) is 0 Å². The molecular formula is C72H106N14O15S2. The van der Waals surface area contributed by atoms with Crippen LogP contribution in [0.3, 0.4) is 0 Å². The minimum Gasteiger partial charge on any atom is -0.445 e. The lowest BCUT2D eigenvalue weighted by molar-refractivity contribution is -0.154. The van der Waals surface area contributed by atoms with Gasteiger partial charge in [0, 0.05) is 76.4 Å². The highest BCUT2D eigenvalue weighted by molar-refractivity contribution is 7.99. The summed E-state index contributed by atoms with van der Waals surface area (Å²) >= 11 is 2.60. The average Bonchev–Trinajstić information content (AvgIpc) is 1.78. The van der Waals surface area contributed by atoms with E-state index in [1.165, 1.54) is 33.1 Å². The number of nitrogens with two attached hydrogens (primary N) is 1. The summed E-state index contributed by atoms with van der Waals surface area (Å²) in [6.07, 6.45) is 5.24. The van der Waals surface area contributed by atoms with Gasteiger partial charge in [-0.05, 0) is 92.3 Å². The number of aldehydes is 1. The number of ether oxygens (including phenoxy) is 3. The summed E-state index contributed by atoms with van der Waals surface area (Å²) in [6.45, 7) is 20.0. The molecule has 0 radical (unpaired) electrons. The third-order valence-corrected chi connectivity index (χ3v) is 20.2. The normalized spacial score (nSPS) is 16.7. The van der Waals surface area contributed by atoms with Crippen LogP contribution >= 0.6 is 23.1 Å². The van der Waals surface area contributed by atoms with Gasteiger partial charge >= 0.3 is 12.1 Å². The maximum atomic E-state index is 14.6. The smallest absolute Gasteiger partial charge is 0.410 e. The van der Waals surface area contributed by atoms with Crippen molar-refractivity contribution in [2.75, 3.05) is 84.8 Å². The van der Waals surface area contributed by atoms with Crippen LogP contribution in [0.15, 0.2) is 91.5 Å². The van der Waals surface area contributed by atoms with Crippen LogP contribution in [0.25, 0.3) is 0 Å². The zero-order chi connectivity index (χ0) is 76.0. The van der Waals surface area contributed by atoms with Crippen molar-refractivity contribution in [3.05, 3.63) is 108 Å². The van der Waals surface area contributed by atoms with Crippen molar-refractivity contribution < 1.29 is 71.7 Å². The maximum Gasteiger partial charge on any atom is 0.410 e. The van der Waals surface area contributed by atoms with Crippen LogP contribution in [-0.2, 0) is 75.2 Å². The number of hydrogen-bond acceptors (Lipinski definition) is 19. The zero-order valence-corrected chi connectivity index (χ0v) is 62.8. The first kappa shape index (κ1) is 84.9. The number of likely N-dealkylation sites (tertiary alicyclic amines) is 1. The number of nitrogens with zero attached hydrogens (tertiary/aromatic N) is 7. The number of methoxy groups -OCH3 is 2. The van der Waals surface area contributed by atoms with E-state index in [1.807, 2.05) is 68.4 Å². The molecule has 8 N–H and O–H groups in total. The Morgan fingerprint density at radius 1 is 0.786 bits per heavy atom. The van der Waals surface area contributed by atoms with Crippen LogP contribution in [0.2, 0.25) is 0 Å². The van der Waals surface area contributed by atoms with E-state index in [1.54, 1.807) is 77.3 Å². The van der Waals surface area contributed by atoms with Gasteiger partial charge in [0.15, 0.2) is 0 Å². The van der Waals surface area contributed by atoms with Crippen LogP contribution in [-0.4, -0.2) is 234 Å². The van der Waals surface area contributed by atoms with Crippen LogP contribution in [0, 0.1) is 23.7 Å². The SMILES string of the molecule is C=CC(=O)N1CN(C(=O)C=C)CN(C(=O)CCSCC(=O)N[C@H](C(=O)N[C@@H](CCCNC(N)=O)C(=O)Nc2ccc(COC(=O)N(C)[C@H](C(=O)NC(C=O)CN(C)[C@@H]([C@@H](C)CC)[C@@H](CC(=O)N3CCC[C@H]3[C@H](OC)[C@@H](C)C(=O)N[C@@H](Cc3ccccc3)c3nccs3)OC)C(C)C)cc2)C(C)C)C1. The van der Waals surface area contributed by atoms with Gasteiger partial charge < -0.3 is 76.2 Å². The van der Waals surface area contributed by atoms with Crippen molar-refractivity contribution in [3.8, 4) is 0 Å². The van der Waals surface area contributed by atoms with E-state index in [0.29, 0.717) is 49.8 Å². The van der Waals surface area contributed by atoms with Crippen molar-refractivity contribution in [2.24, 2.45) is 29.4 Å². The van der Waals surface area contributed by atoms with Crippen LogP contribution < -0.4 is 37.6 Å². The molecule has 2 fully saturated rings. The summed E-state index contributed by atoms with van der Waals surface area (Å²) in [6, 6.07) is 9.88. The van der Waals surface area contributed by atoms with Gasteiger partial charge in [0.1, 0.15) is 36.0 Å². The van der Waals surface area contributed by atoms with Gasteiger partial charge in [-0.25, -0.2) is 14.6 Å². The molecule has 3 heterocycles. The molecule has 5 rings (SSSR count). The summed E-state index contributed by atoms with van der Waals surface area (Å²) in [5, 5.41) is 19.4. The highest BCUT2D eigenvalue weighted by Crippen LogP contribution is 2.31. The molecule has 103 heavy (non-hydrogen) atoms. The Hall–Kier alpha value is -8.78. The van der Waals surface area contributed by atoms with Gasteiger partial charge in [-0.15, -0.1) is 11.3 Å². The van der Waals surface area contributed by atoms with E-state index < -0.39 is 114 Å². The van der Waals surface area contributed by atoms with Gasteiger partial charge in [-0.3, -0.25) is 53.0 Å². The minimum atomic E-state index is -1.16. The molecule has 12 amide bonds. The number of rotatable bonds is 41. The topological polar surface area (TPSA) is 363 Å². The largest absolute Gasteiger partial charge is 0.445 e. The first-order chi connectivity index (χ1) is 49.1. The van der Waals surface area contributed by atoms with Crippen molar-refractivity contribution in [1.82, 2.24) is 61.0 Å². The number of carbonyl (C=O) groups excluding carboxylic acids is 12. The highest BCUT2D eigenvalue weighted by Gasteiger charge is 2.43. The molecule has 0 bridgehead atoms. The van der Waals surface area contributed by atoms with Crippen LogP contribution in [0.4, 0.5) is 15.3 Å². The Bertz CT molecular complexity index is 3300. The molecule has 2 aliphatic heterocycles. The van der Waals surface area contributed by atoms with E-state index in [-0.39, 0.29) is 107 Å². The third kappa shape index (κ3) is 25.9. The Morgan fingerprint density at radius 2 is 1.45 bits per heavy atom. The molecule has 11 atom stereocenters. The zero-order valence-electron chi connectivity index (χ0n) is 61.2.